The van der Waals surface area contributed by atoms with E-state index in [1.165, 1.54) is 6.20 Å². The summed E-state index contributed by atoms with van der Waals surface area (Å²) in [5.41, 5.74) is 3.04. The number of rotatable bonds is 5. The minimum Gasteiger partial charge on any atom is -0.462 e. The lowest BCUT2D eigenvalue weighted by atomic mass is 10.1. The van der Waals surface area contributed by atoms with E-state index >= 15 is 0 Å². The molecule has 0 saturated heterocycles. The Hall–Kier alpha value is -3.81. The number of nitrogens with zero attached hydrogens (tertiary/aromatic N) is 5. The Morgan fingerprint density at radius 2 is 1.93 bits per heavy atom. The molecule has 0 amide bonds. The van der Waals surface area contributed by atoms with Crippen LogP contribution in [-0.2, 0) is 4.74 Å². The van der Waals surface area contributed by atoms with Crippen LogP contribution in [0.4, 0.5) is 11.6 Å². The van der Waals surface area contributed by atoms with Crippen LogP contribution in [0.5, 0.6) is 0 Å². The Bertz CT molecular complexity index is 1250. The van der Waals surface area contributed by atoms with Crippen molar-refractivity contribution in [3.63, 3.8) is 0 Å². The molecular weight excluding hydrogens is 380 g/mol. The number of esters is 1. The Kier molecular flexibility index (Phi) is 5.14. The number of ether oxygens (including phenoxy) is 1. The maximum Gasteiger partial charge on any atom is 0.343 e. The first-order chi connectivity index (χ1) is 14.5. The van der Waals surface area contributed by atoms with Crippen molar-refractivity contribution in [2.45, 2.75) is 27.7 Å². The fourth-order valence-corrected chi connectivity index (χ4v) is 3.25. The Morgan fingerprint density at radius 1 is 1.13 bits per heavy atom. The number of benzene rings is 1. The van der Waals surface area contributed by atoms with Gasteiger partial charge in [-0.05, 0) is 45.4 Å². The SMILES string of the molecule is CCOC(=O)c1cnc(C)nc1Nc1cc(C)nn1-c1cc(C)c2ccccc2n1. The number of fused-ring (bicyclic) bond motifs is 1. The van der Waals surface area contributed by atoms with Gasteiger partial charge in [0.2, 0.25) is 0 Å². The third-order valence-corrected chi connectivity index (χ3v) is 4.61. The average Bonchev–Trinajstić information content (AvgIpc) is 3.08. The summed E-state index contributed by atoms with van der Waals surface area (Å²) in [6.07, 6.45) is 1.47. The highest BCUT2D eigenvalue weighted by molar-refractivity contribution is 5.95. The summed E-state index contributed by atoms with van der Waals surface area (Å²) in [6.45, 7) is 7.73. The number of pyridine rings is 1. The number of aromatic nitrogens is 5. The van der Waals surface area contributed by atoms with E-state index in [0.29, 0.717) is 23.3 Å². The fourth-order valence-electron chi connectivity index (χ4n) is 3.25. The number of carbonyl (C=O) groups excluding carboxylic acids is 1. The first-order valence-electron chi connectivity index (χ1n) is 9.67. The van der Waals surface area contributed by atoms with Gasteiger partial charge in [0.15, 0.2) is 5.82 Å². The lowest BCUT2D eigenvalue weighted by molar-refractivity contribution is 0.0526. The molecule has 8 heteroatoms. The lowest BCUT2D eigenvalue weighted by Crippen LogP contribution is -2.13. The summed E-state index contributed by atoms with van der Waals surface area (Å²) >= 11 is 0. The summed E-state index contributed by atoms with van der Waals surface area (Å²) in [6, 6.07) is 11.8. The molecule has 0 spiro atoms. The van der Waals surface area contributed by atoms with Crippen LogP contribution in [-0.4, -0.2) is 37.3 Å². The quantitative estimate of drug-likeness (QED) is 0.503. The number of para-hydroxylation sites is 1. The average molecular weight is 402 g/mol. The van der Waals surface area contributed by atoms with E-state index < -0.39 is 5.97 Å². The van der Waals surface area contributed by atoms with Crippen LogP contribution in [0, 0.1) is 20.8 Å². The molecule has 3 aromatic heterocycles. The van der Waals surface area contributed by atoms with Crippen LogP contribution in [0.15, 0.2) is 42.6 Å². The standard InChI is InChI=1S/C22H22N6O2/c1-5-30-22(29)17-12-23-15(4)24-21(17)26-20-11-14(3)27-28(20)19-10-13(2)16-8-6-7-9-18(16)25-19/h6-12H,5H2,1-4H3,(H,23,24,26). The third kappa shape index (κ3) is 3.71. The highest BCUT2D eigenvalue weighted by atomic mass is 16.5. The predicted molar refractivity (Wildman–Crippen MR) is 114 cm³/mol. The molecule has 3 heterocycles. The minimum absolute atomic E-state index is 0.260. The van der Waals surface area contributed by atoms with E-state index in [2.05, 4.69) is 20.4 Å². The predicted octanol–water partition coefficient (Wildman–Crippen LogP) is 4.06. The molecule has 1 N–H and O–H groups in total. The monoisotopic (exact) mass is 402 g/mol. The van der Waals surface area contributed by atoms with Crippen LogP contribution in [0.1, 0.15) is 34.4 Å². The molecule has 4 rings (SSSR count). The second-order valence-electron chi connectivity index (χ2n) is 6.92. The zero-order chi connectivity index (χ0) is 21.3. The molecule has 152 valence electrons. The first kappa shape index (κ1) is 19.5. The van der Waals surface area contributed by atoms with Crippen molar-refractivity contribution < 1.29 is 9.53 Å². The van der Waals surface area contributed by atoms with E-state index in [9.17, 15) is 4.79 Å². The molecule has 0 atom stereocenters. The molecule has 0 fully saturated rings. The van der Waals surface area contributed by atoms with Gasteiger partial charge in [0.25, 0.3) is 0 Å². The Balaban J connectivity index is 1.79. The normalized spacial score (nSPS) is 10.9. The van der Waals surface area contributed by atoms with Gasteiger partial charge in [0.05, 0.1) is 17.8 Å². The van der Waals surface area contributed by atoms with Gasteiger partial charge in [-0.2, -0.15) is 9.78 Å². The van der Waals surface area contributed by atoms with Gasteiger partial charge in [-0.25, -0.2) is 19.7 Å². The van der Waals surface area contributed by atoms with Crippen molar-refractivity contribution in [2.75, 3.05) is 11.9 Å². The molecule has 0 aliphatic carbocycles. The number of hydrogen-bond acceptors (Lipinski definition) is 7. The fraction of sp³-hybridized carbons (Fsp3) is 0.227. The second kappa shape index (κ2) is 7.90. The van der Waals surface area contributed by atoms with Crippen LogP contribution >= 0.6 is 0 Å². The Morgan fingerprint density at radius 3 is 2.73 bits per heavy atom. The summed E-state index contributed by atoms with van der Waals surface area (Å²) in [5, 5.41) is 8.90. The summed E-state index contributed by atoms with van der Waals surface area (Å²) in [5.74, 6) is 1.72. The highest BCUT2D eigenvalue weighted by Gasteiger charge is 2.18. The molecule has 0 bridgehead atoms. The summed E-state index contributed by atoms with van der Waals surface area (Å²) in [4.78, 5) is 25.6. The number of carbonyl (C=O) groups is 1. The van der Waals surface area contributed by atoms with Gasteiger partial charge in [0.1, 0.15) is 23.0 Å². The van der Waals surface area contributed by atoms with E-state index in [-0.39, 0.29) is 12.2 Å². The van der Waals surface area contributed by atoms with E-state index in [1.807, 2.05) is 50.2 Å². The maximum atomic E-state index is 12.3. The molecule has 0 radical (unpaired) electrons. The summed E-state index contributed by atoms with van der Waals surface area (Å²) < 4.78 is 6.85. The highest BCUT2D eigenvalue weighted by Crippen LogP contribution is 2.25. The molecule has 0 saturated carbocycles. The molecular formula is C22H22N6O2. The second-order valence-corrected chi connectivity index (χ2v) is 6.92. The maximum absolute atomic E-state index is 12.3. The van der Waals surface area contributed by atoms with Gasteiger partial charge in [0, 0.05) is 17.6 Å². The van der Waals surface area contributed by atoms with Crippen LogP contribution < -0.4 is 5.32 Å². The lowest BCUT2D eigenvalue weighted by Gasteiger charge is -2.13. The van der Waals surface area contributed by atoms with Crippen molar-refractivity contribution in [1.82, 2.24) is 24.7 Å². The molecule has 0 aliphatic rings. The number of hydrogen-bond donors (Lipinski definition) is 1. The van der Waals surface area contributed by atoms with Gasteiger partial charge in [-0.15, -0.1) is 0 Å². The van der Waals surface area contributed by atoms with Crippen LogP contribution in [0.2, 0.25) is 0 Å². The molecule has 8 nitrogen and oxygen atoms in total. The number of nitrogens with one attached hydrogen (secondary N) is 1. The molecule has 0 unspecified atom stereocenters. The molecule has 0 aliphatic heterocycles. The zero-order valence-electron chi connectivity index (χ0n) is 17.3. The Labute approximate surface area is 174 Å². The minimum atomic E-state index is -0.484. The van der Waals surface area contributed by atoms with Crippen LogP contribution in [0.25, 0.3) is 16.7 Å². The van der Waals surface area contributed by atoms with Crippen molar-refractivity contribution in [2.24, 2.45) is 0 Å². The number of anilines is 2. The smallest absolute Gasteiger partial charge is 0.343 e. The number of aryl methyl sites for hydroxylation is 3. The third-order valence-electron chi connectivity index (χ3n) is 4.61. The molecule has 30 heavy (non-hydrogen) atoms. The van der Waals surface area contributed by atoms with E-state index in [0.717, 1.165) is 22.2 Å². The topological polar surface area (TPSA) is 94.8 Å². The van der Waals surface area contributed by atoms with Crippen molar-refractivity contribution >= 4 is 28.5 Å². The van der Waals surface area contributed by atoms with Crippen molar-refractivity contribution in [3.05, 3.63) is 65.2 Å². The van der Waals surface area contributed by atoms with E-state index in [4.69, 9.17) is 9.72 Å². The zero-order valence-corrected chi connectivity index (χ0v) is 17.3. The van der Waals surface area contributed by atoms with Crippen molar-refractivity contribution in [1.29, 1.82) is 0 Å². The van der Waals surface area contributed by atoms with Gasteiger partial charge in [-0.1, -0.05) is 18.2 Å². The summed E-state index contributed by atoms with van der Waals surface area (Å²) in [7, 11) is 0. The molecule has 4 aromatic rings. The van der Waals surface area contributed by atoms with Gasteiger partial charge < -0.3 is 10.1 Å². The largest absolute Gasteiger partial charge is 0.462 e. The van der Waals surface area contributed by atoms with E-state index in [1.54, 1.807) is 18.5 Å². The van der Waals surface area contributed by atoms with Crippen molar-refractivity contribution in [3.8, 4) is 5.82 Å². The first-order valence-corrected chi connectivity index (χ1v) is 9.67. The molecule has 1 aromatic carbocycles. The van der Waals surface area contributed by atoms with Gasteiger partial charge in [-0.3, -0.25) is 0 Å². The van der Waals surface area contributed by atoms with Crippen LogP contribution in [0.3, 0.4) is 0 Å². The van der Waals surface area contributed by atoms with Gasteiger partial charge >= 0.3 is 5.97 Å².